The summed E-state index contributed by atoms with van der Waals surface area (Å²) in [5.41, 5.74) is -1.68. The van der Waals surface area contributed by atoms with Crippen molar-refractivity contribution in [3.8, 4) is 0 Å². The van der Waals surface area contributed by atoms with Crippen LogP contribution in [0.3, 0.4) is 0 Å². The van der Waals surface area contributed by atoms with E-state index in [0.29, 0.717) is 0 Å². The molecule has 0 radical (unpaired) electrons. The summed E-state index contributed by atoms with van der Waals surface area (Å²) in [5, 5.41) is 0. The minimum Gasteiger partial charge on any atom is -0.459 e. The fourth-order valence-corrected chi connectivity index (χ4v) is 4.57. The number of pyridine rings is 1. The number of aromatic nitrogens is 1. The van der Waals surface area contributed by atoms with Crippen molar-refractivity contribution in [1.29, 1.82) is 0 Å². The molecule has 212 valence electrons. The van der Waals surface area contributed by atoms with E-state index in [0.717, 1.165) is 21.9 Å². The van der Waals surface area contributed by atoms with E-state index in [9.17, 15) is 27.6 Å². The second kappa shape index (κ2) is 10.8. The van der Waals surface area contributed by atoms with Crippen LogP contribution in [0.4, 0.5) is 34.8 Å². The summed E-state index contributed by atoms with van der Waals surface area (Å²) >= 11 is 0. The van der Waals surface area contributed by atoms with Gasteiger partial charge in [0.15, 0.2) is 0 Å². The van der Waals surface area contributed by atoms with Crippen LogP contribution in [0, 0.1) is 18.7 Å². The third-order valence-corrected chi connectivity index (χ3v) is 6.17. The molecule has 1 aromatic carbocycles. The van der Waals surface area contributed by atoms with Gasteiger partial charge in [-0.2, -0.15) is 13.2 Å². The van der Waals surface area contributed by atoms with E-state index >= 15 is 4.39 Å². The molecule has 0 saturated carbocycles. The van der Waals surface area contributed by atoms with Crippen LogP contribution in [0.25, 0.3) is 0 Å². The van der Waals surface area contributed by atoms with Crippen LogP contribution < -0.4 is 14.7 Å². The van der Waals surface area contributed by atoms with Gasteiger partial charge in [-0.15, -0.1) is 0 Å². The van der Waals surface area contributed by atoms with E-state index in [1.165, 1.54) is 44.1 Å². The zero-order valence-corrected chi connectivity index (χ0v) is 22.9. The number of ether oxygens (including phenoxy) is 1. The Morgan fingerprint density at radius 2 is 1.79 bits per heavy atom. The van der Waals surface area contributed by atoms with Gasteiger partial charge in [0.25, 0.3) is 0 Å². The number of carbonyl (C=O) groups excluding carboxylic acids is 3. The molecule has 0 N–H and O–H groups in total. The van der Waals surface area contributed by atoms with E-state index in [4.69, 9.17) is 4.74 Å². The van der Waals surface area contributed by atoms with Crippen molar-refractivity contribution in [3.05, 3.63) is 47.4 Å². The molecule has 1 unspecified atom stereocenters. The molecular weight excluding hydrogens is 520 g/mol. The lowest BCUT2D eigenvalue weighted by molar-refractivity contribution is -0.153. The van der Waals surface area contributed by atoms with Crippen molar-refractivity contribution in [2.45, 2.75) is 58.9 Å². The molecule has 3 rings (SSSR count). The number of hydrogen-bond acceptors (Lipinski definition) is 6. The number of rotatable bonds is 6. The molecule has 0 aliphatic carbocycles. The number of halogens is 4. The Bertz CT molecular complexity index is 1280. The summed E-state index contributed by atoms with van der Waals surface area (Å²) in [6.07, 6.45) is -4.77. The highest BCUT2D eigenvalue weighted by molar-refractivity contribution is 6.09. The Morgan fingerprint density at radius 3 is 2.38 bits per heavy atom. The predicted octanol–water partition coefficient (Wildman–Crippen LogP) is 4.73. The average molecular weight is 553 g/mol. The topological polar surface area (TPSA) is 83.1 Å². The molecule has 1 aliphatic heterocycles. The van der Waals surface area contributed by atoms with Gasteiger partial charge < -0.3 is 14.5 Å². The lowest BCUT2D eigenvalue weighted by Gasteiger charge is -2.32. The van der Waals surface area contributed by atoms with Crippen LogP contribution in [0.5, 0.6) is 0 Å². The zero-order valence-electron chi connectivity index (χ0n) is 22.9. The lowest BCUT2D eigenvalue weighted by atomic mass is 10.0. The molecular formula is C27H32F4N4O4. The molecule has 0 bridgehead atoms. The normalized spacial score (nSPS) is 17.8. The Labute approximate surface area is 224 Å². The number of alkyl halides is 3. The van der Waals surface area contributed by atoms with Crippen molar-refractivity contribution < 1.29 is 36.7 Å². The second-order valence-corrected chi connectivity index (χ2v) is 10.7. The van der Waals surface area contributed by atoms with Gasteiger partial charge in [0, 0.05) is 26.2 Å². The maximum atomic E-state index is 15.1. The van der Waals surface area contributed by atoms with E-state index < -0.39 is 52.9 Å². The minimum atomic E-state index is -4.68. The minimum absolute atomic E-state index is 0.0305. The number of para-hydroxylation sites is 1. The number of amides is 2. The van der Waals surface area contributed by atoms with Crippen molar-refractivity contribution >= 4 is 35.0 Å². The Hall–Kier alpha value is -3.70. The smallest absolute Gasteiger partial charge is 0.416 e. The Kier molecular flexibility index (Phi) is 8.28. The monoisotopic (exact) mass is 552 g/mol. The van der Waals surface area contributed by atoms with Crippen LogP contribution in [0.2, 0.25) is 0 Å². The number of likely N-dealkylation sites (N-methyl/N-ethyl adjacent to an activating group) is 2. The van der Waals surface area contributed by atoms with Crippen LogP contribution >= 0.6 is 0 Å². The SMILES string of the molecule is Cc1cc(C(F)(F)F)cc(N2C(=O)CC(C)[C@H]2C(=O)N(C)c2cccc(F)c2N(C)CC(=O)OC(C)(C)C)n1. The van der Waals surface area contributed by atoms with Crippen LogP contribution in [0.15, 0.2) is 30.3 Å². The summed E-state index contributed by atoms with van der Waals surface area (Å²) in [7, 11) is 2.84. The van der Waals surface area contributed by atoms with Gasteiger partial charge in [0.2, 0.25) is 11.8 Å². The largest absolute Gasteiger partial charge is 0.459 e. The highest BCUT2D eigenvalue weighted by Crippen LogP contribution is 2.38. The predicted molar refractivity (Wildman–Crippen MR) is 138 cm³/mol. The second-order valence-electron chi connectivity index (χ2n) is 10.7. The maximum absolute atomic E-state index is 15.1. The first-order valence-electron chi connectivity index (χ1n) is 12.3. The van der Waals surface area contributed by atoms with Gasteiger partial charge in [0.05, 0.1) is 16.9 Å². The quantitative estimate of drug-likeness (QED) is 0.381. The lowest BCUT2D eigenvalue weighted by Crippen LogP contribution is -2.48. The molecule has 2 heterocycles. The van der Waals surface area contributed by atoms with Gasteiger partial charge in [-0.25, -0.2) is 9.37 Å². The van der Waals surface area contributed by atoms with E-state index in [1.807, 2.05) is 0 Å². The molecule has 2 atom stereocenters. The van der Waals surface area contributed by atoms with E-state index in [2.05, 4.69) is 4.98 Å². The molecule has 1 saturated heterocycles. The van der Waals surface area contributed by atoms with Gasteiger partial charge >= 0.3 is 12.1 Å². The summed E-state index contributed by atoms with van der Waals surface area (Å²) in [6.45, 7) is 7.78. The average Bonchev–Trinajstić information content (AvgIpc) is 3.08. The summed E-state index contributed by atoms with van der Waals surface area (Å²) in [4.78, 5) is 46.6. The number of carbonyl (C=O) groups is 3. The molecule has 1 fully saturated rings. The van der Waals surface area contributed by atoms with Gasteiger partial charge in [0.1, 0.15) is 29.8 Å². The summed E-state index contributed by atoms with van der Waals surface area (Å²) in [6, 6.07) is 4.44. The fraction of sp³-hybridized carbons (Fsp3) is 0.481. The van der Waals surface area contributed by atoms with Crippen molar-refractivity contribution in [2.75, 3.05) is 35.3 Å². The summed E-state index contributed by atoms with van der Waals surface area (Å²) < 4.78 is 60.8. The highest BCUT2D eigenvalue weighted by Gasteiger charge is 2.46. The first kappa shape index (κ1) is 29.9. The van der Waals surface area contributed by atoms with Crippen LogP contribution in [0.1, 0.15) is 45.4 Å². The van der Waals surface area contributed by atoms with Crippen molar-refractivity contribution in [3.63, 3.8) is 0 Å². The molecule has 8 nitrogen and oxygen atoms in total. The Morgan fingerprint density at radius 1 is 1.15 bits per heavy atom. The van der Waals surface area contributed by atoms with Crippen molar-refractivity contribution in [2.24, 2.45) is 5.92 Å². The number of nitrogens with zero attached hydrogens (tertiary/aromatic N) is 4. The third kappa shape index (κ3) is 6.66. The number of anilines is 3. The molecule has 0 spiro atoms. The molecule has 2 aromatic rings. The van der Waals surface area contributed by atoms with Gasteiger partial charge in [-0.1, -0.05) is 13.0 Å². The number of aryl methyl sites for hydroxylation is 1. The standard InChI is InChI=1S/C27H32F4N4O4/c1-15-11-21(36)35(20-13-17(27(29,30)31)12-16(2)32-20)23(15)25(38)34(7)19-10-8-9-18(28)24(19)33(6)14-22(37)39-26(3,4)5/h8-10,12-13,15,23H,11,14H2,1-7H3/t15?,23-/m0/s1. The maximum Gasteiger partial charge on any atom is 0.416 e. The molecule has 1 aliphatic rings. The first-order chi connectivity index (χ1) is 17.9. The first-order valence-corrected chi connectivity index (χ1v) is 12.3. The highest BCUT2D eigenvalue weighted by atomic mass is 19.4. The van der Waals surface area contributed by atoms with E-state index in [-0.39, 0.29) is 35.9 Å². The Balaban J connectivity index is 1.98. The number of benzene rings is 1. The van der Waals surface area contributed by atoms with Crippen molar-refractivity contribution in [1.82, 2.24) is 4.98 Å². The zero-order chi connectivity index (χ0) is 29.4. The van der Waals surface area contributed by atoms with Gasteiger partial charge in [-0.3, -0.25) is 19.3 Å². The number of hydrogen-bond donors (Lipinski definition) is 0. The van der Waals surface area contributed by atoms with Crippen LogP contribution in [-0.4, -0.2) is 55.1 Å². The van der Waals surface area contributed by atoms with Crippen LogP contribution in [-0.2, 0) is 25.3 Å². The van der Waals surface area contributed by atoms with Gasteiger partial charge in [-0.05, 0) is 57.9 Å². The third-order valence-electron chi connectivity index (χ3n) is 6.17. The molecule has 1 aromatic heterocycles. The molecule has 12 heteroatoms. The summed E-state index contributed by atoms with van der Waals surface area (Å²) in [5.74, 6) is -3.38. The van der Waals surface area contributed by atoms with E-state index in [1.54, 1.807) is 27.7 Å². The number of esters is 1. The fourth-order valence-electron chi connectivity index (χ4n) is 4.57. The molecule has 2 amide bonds. The molecule has 39 heavy (non-hydrogen) atoms.